The average Bonchev–Trinajstić information content (AvgIpc) is 2.58. The molecule has 0 bridgehead atoms. The third kappa shape index (κ3) is 6.91. The van der Waals surface area contributed by atoms with Crippen LogP contribution < -0.4 is 5.32 Å². The summed E-state index contributed by atoms with van der Waals surface area (Å²) in [6.07, 6.45) is 5.59. The van der Waals surface area contributed by atoms with E-state index in [0.717, 1.165) is 51.6 Å². The van der Waals surface area contributed by atoms with Crippen LogP contribution in [0.4, 0.5) is 0 Å². The summed E-state index contributed by atoms with van der Waals surface area (Å²) in [5, 5.41) is 3.41. The van der Waals surface area contributed by atoms with Gasteiger partial charge in [0, 0.05) is 46.3 Å². The van der Waals surface area contributed by atoms with Crippen LogP contribution >= 0.6 is 24.0 Å². The van der Waals surface area contributed by atoms with E-state index < -0.39 is 0 Å². The van der Waals surface area contributed by atoms with E-state index in [1.54, 1.807) is 0 Å². The minimum Gasteiger partial charge on any atom is -0.356 e. The second-order valence-corrected chi connectivity index (χ2v) is 5.57. The summed E-state index contributed by atoms with van der Waals surface area (Å²) in [5.74, 6) is 1.04. The Morgan fingerprint density at radius 3 is 2.48 bits per heavy atom. The van der Waals surface area contributed by atoms with E-state index in [1.165, 1.54) is 5.56 Å². The van der Waals surface area contributed by atoms with Crippen LogP contribution in [0.5, 0.6) is 0 Å². The van der Waals surface area contributed by atoms with Crippen LogP contribution in [-0.4, -0.2) is 62.1 Å². The number of rotatable bonds is 5. The quantitative estimate of drug-likeness (QED) is 0.445. The smallest absolute Gasteiger partial charge is 0.193 e. The monoisotopic (exact) mass is 428 g/mol. The van der Waals surface area contributed by atoms with E-state index in [-0.39, 0.29) is 24.0 Å². The molecule has 1 heterocycles. The van der Waals surface area contributed by atoms with Crippen LogP contribution in [0.1, 0.15) is 18.9 Å². The lowest BCUT2D eigenvalue weighted by Crippen LogP contribution is -2.52. The highest BCUT2D eigenvalue weighted by Gasteiger charge is 2.18. The Morgan fingerprint density at radius 1 is 1.17 bits per heavy atom. The van der Waals surface area contributed by atoms with Crippen molar-refractivity contribution in [3.8, 4) is 0 Å². The summed E-state index contributed by atoms with van der Waals surface area (Å²) < 4.78 is 0. The molecule has 1 fully saturated rings. The van der Waals surface area contributed by atoms with Crippen molar-refractivity contribution in [3.63, 3.8) is 0 Å². The van der Waals surface area contributed by atoms with Gasteiger partial charge in [0.15, 0.2) is 5.96 Å². The van der Waals surface area contributed by atoms with Gasteiger partial charge in [-0.1, -0.05) is 49.4 Å². The highest BCUT2D eigenvalue weighted by Crippen LogP contribution is 2.05. The average molecular weight is 428 g/mol. The van der Waals surface area contributed by atoms with Crippen LogP contribution in [0.3, 0.4) is 0 Å². The fourth-order valence-corrected chi connectivity index (χ4v) is 2.61. The highest BCUT2D eigenvalue weighted by molar-refractivity contribution is 14.0. The molecule has 0 atom stereocenters. The normalized spacial score (nSPS) is 16.4. The molecular formula is C18H29IN4. The molecule has 23 heavy (non-hydrogen) atoms. The number of nitrogens with one attached hydrogen (secondary N) is 1. The number of guanidine groups is 1. The molecule has 1 N–H and O–H groups in total. The van der Waals surface area contributed by atoms with Crippen molar-refractivity contribution in [1.82, 2.24) is 15.1 Å². The topological polar surface area (TPSA) is 30.9 Å². The SMILES string of the molecule is CCCNC(=NC)N1CCN(C/C=C/c2ccccc2)CC1.I. The molecule has 1 aromatic carbocycles. The zero-order valence-corrected chi connectivity index (χ0v) is 16.6. The molecule has 0 radical (unpaired) electrons. The van der Waals surface area contributed by atoms with Gasteiger partial charge in [-0.25, -0.2) is 0 Å². The number of benzene rings is 1. The largest absolute Gasteiger partial charge is 0.356 e. The van der Waals surface area contributed by atoms with Gasteiger partial charge in [0.2, 0.25) is 0 Å². The first-order valence-corrected chi connectivity index (χ1v) is 8.23. The third-order valence-corrected chi connectivity index (χ3v) is 3.89. The summed E-state index contributed by atoms with van der Waals surface area (Å²) >= 11 is 0. The zero-order chi connectivity index (χ0) is 15.6. The Kier molecular flexibility index (Phi) is 9.94. The second-order valence-electron chi connectivity index (χ2n) is 5.57. The van der Waals surface area contributed by atoms with E-state index in [4.69, 9.17) is 0 Å². The van der Waals surface area contributed by atoms with E-state index in [1.807, 2.05) is 7.05 Å². The van der Waals surface area contributed by atoms with Crippen LogP contribution in [0.2, 0.25) is 0 Å². The summed E-state index contributed by atoms with van der Waals surface area (Å²) in [6.45, 7) is 8.46. The fraction of sp³-hybridized carbons (Fsp3) is 0.500. The molecule has 0 aromatic heterocycles. The number of aliphatic imine (C=N–C) groups is 1. The Balaban J connectivity index is 0.00000264. The van der Waals surface area contributed by atoms with Crippen molar-refractivity contribution in [3.05, 3.63) is 42.0 Å². The Hall–Kier alpha value is -1.08. The van der Waals surface area contributed by atoms with Crippen molar-refractivity contribution in [2.75, 3.05) is 46.3 Å². The number of hydrogen-bond donors (Lipinski definition) is 1. The molecule has 0 unspecified atom stereocenters. The minimum atomic E-state index is 0. The first-order valence-electron chi connectivity index (χ1n) is 8.23. The number of halogens is 1. The van der Waals surface area contributed by atoms with Gasteiger partial charge in [-0.3, -0.25) is 9.89 Å². The van der Waals surface area contributed by atoms with Gasteiger partial charge < -0.3 is 10.2 Å². The van der Waals surface area contributed by atoms with Crippen molar-refractivity contribution in [2.45, 2.75) is 13.3 Å². The van der Waals surface area contributed by atoms with Gasteiger partial charge in [-0.05, 0) is 12.0 Å². The molecule has 1 aliphatic rings. The van der Waals surface area contributed by atoms with Crippen molar-refractivity contribution >= 4 is 36.0 Å². The van der Waals surface area contributed by atoms with E-state index in [0.29, 0.717) is 0 Å². The molecule has 0 spiro atoms. The highest BCUT2D eigenvalue weighted by atomic mass is 127. The summed E-state index contributed by atoms with van der Waals surface area (Å²) in [4.78, 5) is 9.22. The van der Waals surface area contributed by atoms with Crippen LogP contribution in [0.25, 0.3) is 6.08 Å². The molecule has 4 nitrogen and oxygen atoms in total. The second kappa shape index (κ2) is 11.5. The Bertz CT molecular complexity index is 479. The molecule has 0 amide bonds. The van der Waals surface area contributed by atoms with Crippen molar-refractivity contribution in [1.29, 1.82) is 0 Å². The van der Waals surface area contributed by atoms with Gasteiger partial charge in [0.25, 0.3) is 0 Å². The van der Waals surface area contributed by atoms with Crippen LogP contribution in [-0.2, 0) is 0 Å². The maximum atomic E-state index is 4.38. The number of piperazine rings is 1. The maximum absolute atomic E-state index is 4.38. The summed E-state index contributed by atoms with van der Waals surface area (Å²) in [5.41, 5.74) is 1.27. The van der Waals surface area contributed by atoms with Gasteiger partial charge in [0.05, 0.1) is 0 Å². The predicted molar refractivity (Wildman–Crippen MR) is 111 cm³/mol. The number of hydrogen-bond acceptors (Lipinski definition) is 2. The third-order valence-electron chi connectivity index (χ3n) is 3.89. The van der Waals surface area contributed by atoms with Gasteiger partial charge in [-0.15, -0.1) is 24.0 Å². The molecular weight excluding hydrogens is 399 g/mol. The lowest BCUT2D eigenvalue weighted by atomic mass is 10.2. The molecule has 0 aliphatic carbocycles. The van der Waals surface area contributed by atoms with E-state index >= 15 is 0 Å². The standard InChI is InChI=1S/C18H28N4.HI/c1-3-11-20-18(19-2)22-15-13-21(14-16-22)12-7-10-17-8-5-4-6-9-17;/h4-10H,3,11-16H2,1-2H3,(H,19,20);1H/b10-7+;. The maximum Gasteiger partial charge on any atom is 0.193 e. The summed E-state index contributed by atoms with van der Waals surface area (Å²) in [6, 6.07) is 10.5. The first-order chi connectivity index (χ1) is 10.8. The van der Waals surface area contributed by atoms with Gasteiger partial charge in [-0.2, -0.15) is 0 Å². The van der Waals surface area contributed by atoms with E-state index in [2.05, 4.69) is 69.5 Å². The van der Waals surface area contributed by atoms with Crippen molar-refractivity contribution in [2.24, 2.45) is 4.99 Å². The molecule has 2 rings (SSSR count). The predicted octanol–water partition coefficient (Wildman–Crippen LogP) is 2.92. The van der Waals surface area contributed by atoms with Crippen molar-refractivity contribution < 1.29 is 0 Å². The zero-order valence-electron chi connectivity index (χ0n) is 14.2. The van der Waals surface area contributed by atoms with E-state index in [9.17, 15) is 0 Å². The lowest BCUT2D eigenvalue weighted by Gasteiger charge is -2.36. The van der Waals surface area contributed by atoms with Gasteiger partial charge in [0.1, 0.15) is 0 Å². The van der Waals surface area contributed by atoms with Crippen LogP contribution in [0, 0.1) is 0 Å². The molecule has 0 saturated carbocycles. The van der Waals surface area contributed by atoms with Gasteiger partial charge >= 0.3 is 0 Å². The Morgan fingerprint density at radius 2 is 1.87 bits per heavy atom. The molecule has 1 aliphatic heterocycles. The van der Waals surface area contributed by atoms with Crippen LogP contribution in [0.15, 0.2) is 41.4 Å². The number of nitrogens with zero attached hydrogens (tertiary/aromatic N) is 3. The fourth-order valence-electron chi connectivity index (χ4n) is 2.61. The summed E-state index contributed by atoms with van der Waals surface area (Å²) in [7, 11) is 1.87. The Labute approximate surface area is 157 Å². The molecule has 5 heteroatoms. The lowest BCUT2D eigenvalue weighted by molar-refractivity contribution is 0.194. The molecule has 128 valence electrons. The minimum absolute atomic E-state index is 0. The molecule has 1 saturated heterocycles. The molecule has 1 aromatic rings. The first kappa shape index (κ1) is 20.0.